The molecule has 1 saturated heterocycles. The molecule has 0 atom stereocenters. The Morgan fingerprint density at radius 2 is 1.94 bits per heavy atom. The number of carbonyl (C=O) groups excluding carboxylic acids is 1. The minimum Gasteiger partial charge on any atom is -0.481 e. The molecule has 1 aliphatic heterocycles. The van der Waals surface area contributed by atoms with Crippen LogP contribution in [-0.2, 0) is 4.79 Å². The number of hydrogen-bond donors (Lipinski definition) is 0. The number of Topliss-reactive ketones (excluding diaryl/α,β-unsaturated/α-hetero) is 1. The first-order chi connectivity index (χ1) is 8.29. The summed E-state index contributed by atoms with van der Waals surface area (Å²) in [6, 6.07) is 1.79. The highest BCUT2D eigenvalue weighted by atomic mass is 16.5. The number of ketones is 1. The summed E-state index contributed by atoms with van der Waals surface area (Å²) in [7, 11) is 1.58. The van der Waals surface area contributed by atoms with Crippen LogP contribution in [0.5, 0.6) is 5.88 Å². The molecule has 5 heteroatoms. The summed E-state index contributed by atoms with van der Waals surface area (Å²) in [5, 5.41) is 0. The number of ether oxygens (including phenoxy) is 1. The molecule has 1 aromatic heterocycles. The van der Waals surface area contributed by atoms with Crippen molar-refractivity contribution in [1.29, 1.82) is 0 Å². The van der Waals surface area contributed by atoms with E-state index in [0.29, 0.717) is 24.5 Å². The van der Waals surface area contributed by atoms with Gasteiger partial charge >= 0.3 is 0 Å². The number of anilines is 1. The monoisotopic (exact) mass is 235 g/mol. The van der Waals surface area contributed by atoms with Crippen LogP contribution in [-0.4, -0.2) is 36.0 Å². The molecule has 0 amide bonds. The van der Waals surface area contributed by atoms with E-state index in [2.05, 4.69) is 28.0 Å². The van der Waals surface area contributed by atoms with E-state index < -0.39 is 0 Å². The quantitative estimate of drug-likeness (QED) is 0.726. The summed E-state index contributed by atoms with van der Waals surface area (Å²) in [5.41, 5.74) is 0. The van der Waals surface area contributed by atoms with Gasteiger partial charge in [0.25, 0.3) is 0 Å². The topological polar surface area (TPSA) is 55.3 Å². The number of piperidine rings is 1. The maximum absolute atomic E-state index is 11.1. The van der Waals surface area contributed by atoms with Gasteiger partial charge in [-0.25, -0.2) is 9.97 Å². The van der Waals surface area contributed by atoms with Gasteiger partial charge in [0, 0.05) is 32.0 Å². The van der Waals surface area contributed by atoms with Gasteiger partial charge in [0.15, 0.2) is 0 Å². The highest BCUT2D eigenvalue weighted by molar-refractivity contribution is 5.80. The Morgan fingerprint density at radius 3 is 2.53 bits per heavy atom. The summed E-state index contributed by atoms with van der Waals surface area (Å²) >= 11 is 0. The van der Waals surface area contributed by atoms with E-state index in [1.165, 1.54) is 6.33 Å². The molecule has 0 spiro atoms. The van der Waals surface area contributed by atoms with E-state index in [0.717, 1.165) is 18.9 Å². The van der Waals surface area contributed by atoms with Gasteiger partial charge in [0.1, 0.15) is 17.9 Å². The second-order valence-corrected chi connectivity index (χ2v) is 3.44. The zero-order valence-electron chi connectivity index (χ0n) is 10.1. The summed E-state index contributed by atoms with van der Waals surface area (Å²) in [5.74, 6) is 1.71. The molecule has 1 aromatic rings. The van der Waals surface area contributed by atoms with E-state index >= 15 is 0 Å². The summed E-state index contributed by atoms with van der Waals surface area (Å²) in [6.07, 6.45) is 2.68. The van der Waals surface area contributed by atoms with Gasteiger partial charge in [-0.15, -0.1) is 13.2 Å². The lowest BCUT2D eigenvalue weighted by atomic mass is 10.1. The fraction of sp³-hybridized carbons (Fsp3) is 0.417. The zero-order valence-corrected chi connectivity index (χ0v) is 10.1. The van der Waals surface area contributed by atoms with Gasteiger partial charge in [-0.05, 0) is 0 Å². The molecule has 5 nitrogen and oxygen atoms in total. The molecule has 0 aliphatic carbocycles. The largest absolute Gasteiger partial charge is 0.481 e. The van der Waals surface area contributed by atoms with E-state index in [-0.39, 0.29) is 0 Å². The van der Waals surface area contributed by atoms with Crippen molar-refractivity contribution in [3.05, 3.63) is 25.6 Å². The van der Waals surface area contributed by atoms with Crippen molar-refractivity contribution in [2.75, 3.05) is 25.1 Å². The standard InChI is InChI=1S/C10H13N3O2.C2H4/c1-15-10-6-9(11-7-12-10)13-4-2-8(14)3-5-13;1-2/h6-7H,2-5H2,1H3;1-2H2. The molecule has 2 heterocycles. The molecule has 0 saturated carbocycles. The number of nitrogens with zero attached hydrogens (tertiary/aromatic N) is 3. The van der Waals surface area contributed by atoms with E-state index in [1.54, 1.807) is 13.2 Å². The molecular formula is C12H17N3O2. The molecule has 0 N–H and O–H groups in total. The second-order valence-electron chi connectivity index (χ2n) is 3.44. The molecule has 0 unspecified atom stereocenters. The predicted molar refractivity (Wildman–Crippen MR) is 66.3 cm³/mol. The van der Waals surface area contributed by atoms with Crippen LogP contribution < -0.4 is 9.64 Å². The highest BCUT2D eigenvalue weighted by Gasteiger charge is 2.17. The number of methoxy groups -OCH3 is 1. The lowest BCUT2D eigenvalue weighted by Gasteiger charge is -2.26. The molecule has 0 radical (unpaired) electrons. The van der Waals surface area contributed by atoms with Gasteiger partial charge in [-0.1, -0.05) is 0 Å². The first kappa shape index (κ1) is 13.2. The molecule has 1 fully saturated rings. The van der Waals surface area contributed by atoms with Crippen LogP contribution in [0.4, 0.5) is 5.82 Å². The van der Waals surface area contributed by atoms with Crippen molar-refractivity contribution in [2.24, 2.45) is 0 Å². The lowest BCUT2D eigenvalue weighted by molar-refractivity contribution is -0.119. The predicted octanol–water partition coefficient (Wildman–Crippen LogP) is 1.46. The minimum absolute atomic E-state index is 0.326. The third-order valence-corrected chi connectivity index (χ3v) is 2.48. The summed E-state index contributed by atoms with van der Waals surface area (Å²) in [6.45, 7) is 7.47. The SMILES string of the molecule is C=C.COc1cc(N2CCC(=O)CC2)ncn1. The molecule has 1 aliphatic rings. The van der Waals surface area contributed by atoms with Crippen molar-refractivity contribution in [3.63, 3.8) is 0 Å². The summed E-state index contributed by atoms with van der Waals surface area (Å²) in [4.78, 5) is 21.3. The zero-order chi connectivity index (χ0) is 12.7. The first-order valence-electron chi connectivity index (χ1n) is 5.42. The summed E-state index contributed by atoms with van der Waals surface area (Å²) < 4.78 is 5.02. The number of hydrogen-bond acceptors (Lipinski definition) is 5. The molecule has 0 aromatic carbocycles. The molecule has 92 valence electrons. The van der Waals surface area contributed by atoms with Gasteiger partial charge in [0.2, 0.25) is 5.88 Å². The maximum atomic E-state index is 11.1. The Labute approximate surface area is 101 Å². The van der Waals surface area contributed by atoms with Crippen molar-refractivity contribution < 1.29 is 9.53 Å². The van der Waals surface area contributed by atoms with Crippen molar-refractivity contribution >= 4 is 11.6 Å². The number of rotatable bonds is 2. The highest BCUT2D eigenvalue weighted by Crippen LogP contribution is 2.18. The van der Waals surface area contributed by atoms with Crippen molar-refractivity contribution in [1.82, 2.24) is 9.97 Å². The van der Waals surface area contributed by atoms with Gasteiger partial charge in [-0.2, -0.15) is 0 Å². The van der Waals surface area contributed by atoms with Crippen LogP contribution in [0.2, 0.25) is 0 Å². The van der Waals surface area contributed by atoms with Crippen LogP contribution >= 0.6 is 0 Å². The van der Waals surface area contributed by atoms with E-state index in [1.807, 2.05) is 0 Å². The number of aromatic nitrogens is 2. The maximum Gasteiger partial charge on any atom is 0.218 e. The van der Waals surface area contributed by atoms with E-state index in [9.17, 15) is 4.79 Å². The van der Waals surface area contributed by atoms with Gasteiger partial charge in [0.05, 0.1) is 7.11 Å². The first-order valence-corrected chi connectivity index (χ1v) is 5.42. The van der Waals surface area contributed by atoms with Gasteiger partial charge < -0.3 is 9.64 Å². The minimum atomic E-state index is 0.326. The normalized spacial score (nSPS) is 14.9. The average Bonchev–Trinajstić information content (AvgIpc) is 2.42. The van der Waals surface area contributed by atoms with Crippen LogP contribution in [0.1, 0.15) is 12.8 Å². The van der Waals surface area contributed by atoms with Crippen molar-refractivity contribution in [2.45, 2.75) is 12.8 Å². The smallest absolute Gasteiger partial charge is 0.218 e. The molecule has 2 rings (SSSR count). The Hall–Kier alpha value is -1.91. The van der Waals surface area contributed by atoms with Crippen LogP contribution in [0, 0.1) is 0 Å². The van der Waals surface area contributed by atoms with Crippen LogP contribution in [0.3, 0.4) is 0 Å². The van der Waals surface area contributed by atoms with Crippen LogP contribution in [0.15, 0.2) is 25.6 Å². The third-order valence-electron chi connectivity index (χ3n) is 2.48. The average molecular weight is 235 g/mol. The van der Waals surface area contributed by atoms with Gasteiger partial charge in [-0.3, -0.25) is 4.79 Å². The Balaban J connectivity index is 0.000000686. The lowest BCUT2D eigenvalue weighted by Crippen LogP contribution is -2.34. The Kier molecular flexibility index (Phi) is 5.13. The molecular weight excluding hydrogens is 218 g/mol. The second kappa shape index (κ2) is 6.62. The molecule has 17 heavy (non-hydrogen) atoms. The fourth-order valence-electron chi connectivity index (χ4n) is 1.60. The van der Waals surface area contributed by atoms with Crippen molar-refractivity contribution in [3.8, 4) is 5.88 Å². The molecule has 0 bridgehead atoms. The third kappa shape index (κ3) is 3.55. The number of carbonyl (C=O) groups is 1. The van der Waals surface area contributed by atoms with Crippen LogP contribution in [0.25, 0.3) is 0 Å². The van der Waals surface area contributed by atoms with E-state index in [4.69, 9.17) is 4.74 Å². The Morgan fingerprint density at radius 1 is 1.29 bits per heavy atom. The Bertz CT molecular complexity index is 372. The fourth-order valence-corrected chi connectivity index (χ4v) is 1.60.